The van der Waals surface area contributed by atoms with Gasteiger partial charge in [-0.15, -0.1) is 0 Å². The molecule has 3 heterocycles. The highest BCUT2D eigenvalue weighted by Crippen LogP contribution is 2.26. The van der Waals surface area contributed by atoms with Crippen molar-refractivity contribution in [1.82, 2.24) is 25.5 Å². The summed E-state index contributed by atoms with van der Waals surface area (Å²) in [4.78, 5) is 7.53. The first-order valence-electron chi connectivity index (χ1n) is 9.98. The monoisotopic (exact) mass is 493 g/mol. The molecule has 0 unspecified atom stereocenters. The highest BCUT2D eigenvalue weighted by Gasteiger charge is 2.35. The topological polar surface area (TPSA) is 105 Å². The van der Waals surface area contributed by atoms with Gasteiger partial charge in [0.15, 0.2) is 0 Å². The van der Waals surface area contributed by atoms with Gasteiger partial charge in [-0.1, -0.05) is 34.3 Å². The first-order valence-corrected chi connectivity index (χ1v) is 10.7. The molecule has 0 aliphatic rings. The number of halogens is 4. The van der Waals surface area contributed by atoms with Crippen molar-refractivity contribution in [3.8, 4) is 0 Å². The zero-order valence-electron chi connectivity index (χ0n) is 17.2. The molecular formula is C21H19Cl2F2N7O. The Hall–Kier alpha value is -3.08. The number of hydrogen-bond donors (Lipinski definition) is 3. The molecule has 3 aromatic heterocycles. The van der Waals surface area contributed by atoms with Crippen molar-refractivity contribution in [3.63, 3.8) is 0 Å². The molecule has 4 rings (SSSR count). The maximum absolute atomic E-state index is 14.4. The molecule has 1 aromatic carbocycles. The molecule has 172 valence electrons. The van der Waals surface area contributed by atoms with E-state index < -0.39 is 18.2 Å². The summed E-state index contributed by atoms with van der Waals surface area (Å²) in [5.41, 5.74) is 1.45. The summed E-state index contributed by atoms with van der Waals surface area (Å²) in [7, 11) is 0. The molecule has 4 aromatic rings. The Morgan fingerprint density at radius 3 is 2.79 bits per heavy atom. The summed E-state index contributed by atoms with van der Waals surface area (Å²) in [5, 5.41) is 27.1. The predicted molar refractivity (Wildman–Crippen MR) is 121 cm³/mol. The molecule has 3 N–H and O–H groups in total. The van der Waals surface area contributed by atoms with E-state index in [0.29, 0.717) is 22.8 Å². The van der Waals surface area contributed by atoms with Crippen molar-refractivity contribution in [2.45, 2.75) is 18.9 Å². The van der Waals surface area contributed by atoms with Gasteiger partial charge in [-0.25, -0.2) is 4.73 Å². The number of pyridine rings is 1. The van der Waals surface area contributed by atoms with Crippen molar-refractivity contribution in [1.29, 1.82) is 0 Å². The first kappa shape index (κ1) is 23.1. The van der Waals surface area contributed by atoms with Crippen LogP contribution in [0.4, 0.5) is 14.7 Å². The van der Waals surface area contributed by atoms with Gasteiger partial charge in [0.2, 0.25) is 0 Å². The third-order valence-electron chi connectivity index (χ3n) is 4.96. The smallest absolute Gasteiger partial charge is 0.392 e. The van der Waals surface area contributed by atoms with Crippen LogP contribution in [0.2, 0.25) is 10.0 Å². The van der Waals surface area contributed by atoms with Gasteiger partial charge in [-0.05, 0) is 30.3 Å². The Morgan fingerprint density at radius 1 is 1.15 bits per heavy atom. The lowest BCUT2D eigenvalue weighted by Gasteiger charge is -2.18. The van der Waals surface area contributed by atoms with Crippen LogP contribution in [-0.2, 0) is 18.9 Å². The summed E-state index contributed by atoms with van der Waals surface area (Å²) < 4.78 is 29.1. The number of nitrogens with zero attached hydrogens (tertiary/aromatic N) is 4. The van der Waals surface area contributed by atoms with Gasteiger partial charge in [0.1, 0.15) is 29.2 Å². The Morgan fingerprint density at radius 2 is 2.00 bits per heavy atom. The van der Waals surface area contributed by atoms with Gasteiger partial charge in [-0.2, -0.15) is 13.9 Å². The van der Waals surface area contributed by atoms with Crippen molar-refractivity contribution >= 4 is 40.1 Å². The quantitative estimate of drug-likeness (QED) is 0.186. The van der Waals surface area contributed by atoms with Gasteiger partial charge in [0.25, 0.3) is 0 Å². The number of alkyl halides is 2. The lowest BCUT2D eigenvalue weighted by atomic mass is 10.2. The molecule has 0 saturated heterocycles. The average Bonchev–Trinajstić information content (AvgIpc) is 3.20. The predicted octanol–water partition coefficient (Wildman–Crippen LogP) is 3.83. The molecule has 0 atom stereocenters. The molecule has 0 amide bonds. The van der Waals surface area contributed by atoms with Crippen LogP contribution < -0.4 is 15.4 Å². The van der Waals surface area contributed by atoms with E-state index in [0.717, 1.165) is 16.6 Å². The zero-order valence-corrected chi connectivity index (χ0v) is 18.7. The number of aromatic nitrogens is 5. The molecule has 0 spiro atoms. The van der Waals surface area contributed by atoms with Crippen LogP contribution >= 0.6 is 23.2 Å². The van der Waals surface area contributed by atoms with Crippen LogP contribution in [-0.4, -0.2) is 33.3 Å². The van der Waals surface area contributed by atoms with Gasteiger partial charge >= 0.3 is 11.9 Å². The second-order valence-corrected chi connectivity index (χ2v) is 8.07. The van der Waals surface area contributed by atoms with E-state index in [4.69, 9.17) is 23.2 Å². The van der Waals surface area contributed by atoms with Gasteiger partial charge in [0, 0.05) is 36.1 Å². The molecule has 0 aliphatic heterocycles. The molecule has 0 aliphatic carbocycles. The fraction of sp³-hybridized carbons (Fsp3) is 0.238. The summed E-state index contributed by atoms with van der Waals surface area (Å²) >= 11 is 12.2. The number of benzene rings is 1. The van der Waals surface area contributed by atoms with Crippen LogP contribution in [0.5, 0.6) is 0 Å². The van der Waals surface area contributed by atoms with E-state index in [1.807, 2.05) is 12.1 Å². The van der Waals surface area contributed by atoms with Crippen molar-refractivity contribution in [2.75, 3.05) is 18.4 Å². The van der Waals surface area contributed by atoms with Crippen molar-refractivity contribution < 1.29 is 13.5 Å². The molecule has 0 fully saturated rings. The lowest BCUT2D eigenvalue weighted by Crippen LogP contribution is -2.40. The Bertz CT molecular complexity index is 1250. The lowest BCUT2D eigenvalue weighted by molar-refractivity contribution is -0.601. The molecule has 8 nitrogen and oxygen atoms in total. The third-order valence-corrected chi connectivity index (χ3v) is 5.51. The van der Waals surface area contributed by atoms with Gasteiger partial charge in [-0.3, -0.25) is 15.4 Å². The Kier molecular flexibility index (Phi) is 6.87. The summed E-state index contributed by atoms with van der Waals surface area (Å²) in [6.45, 7) is -0.0128. The van der Waals surface area contributed by atoms with Crippen LogP contribution in [0.15, 0.2) is 48.8 Å². The number of rotatable bonds is 9. The Labute approximate surface area is 197 Å². The zero-order chi connectivity index (χ0) is 23.4. The molecule has 33 heavy (non-hydrogen) atoms. The Balaban J connectivity index is 1.38. The minimum atomic E-state index is -3.29. The second kappa shape index (κ2) is 9.82. The molecule has 12 heteroatoms. The minimum absolute atomic E-state index is 0.144. The standard InChI is InChI=1S/C21H19Cl2F2N7O/c22-13-4-5-16-14(9-13)17(31-30-16)11-26-8-6-18-15(23)10-28-20(32(18)33)29-12-21(24,25)19-3-1-2-7-27-19/h1-5,7,9-10,26H,6,8,11-12H2,(H,28,29)(H,30,31). The van der Waals surface area contributed by atoms with E-state index >= 15 is 0 Å². The summed E-state index contributed by atoms with van der Waals surface area (Å²) in [6, 6.07) is 9.67. The fourth-order valence-electron chi connectivity index (χ4n) is 3.26. The highest BCUT2D eigenvalue weighted by atomic mass is 35.5. The maximum atomic E-state index is 14.4. The SMILES string of the molecule is [O-][n+]1c(NCC(F)(F)c2ccccn2)ncc(Cl)c1CCNCc1n[nH]c2ccc(Cl)cc12. The van der Waals surface area contributed by atoms with E-state index in [1.54, 1.807) is 12.1 Å². The number of nitrogens with one attached hydrogen (secondary N) is 3. The average molecular weight is 494 g/mol. The van der Waals surface area contributed by atoms with Crippen molar-refractivity contribution in [2.24, 2.45) is 0 Å². The fourth-order valence-corrected chi connectivity index (χ4v) is 3.65. The summed E-state index contributed by atoms with van der Waals surface area (Å²) in [6.07, 6.45) is 2.79. The van der Waals surface area contributed by atoms with E-state index in [2.05, 4.69) is 30.8 Å². The largest absolute Gasteiger partial charge is 0.740 e. The minimum Gasteiger partial charge on any atom is -0.740 e. The molecule has 0 radical (unpaired) electrons. The van der Waals surface area contributed by atoms with E-state index in [-0.39, 0.29) is 23.1 Å². The number of fused-ring (bicyclic) bond motifs is 1. The third kappa shape index (κ3) is 5.29. The molecule has 0 bridgehead atoms. The van der Waals surface area contributed by atoms with Crippen LogP contribution in [0.25, 0.3) is 10.9 Å². The maximum Gasteiger partial charge on any atom is 0.392 e. The van der Waals surface area contributed by atoms with E-state index in [9.17, 15) is 14.0 Å². The van der Waals surface area contributed by atoms with Gasteiger partial charge in [0.05, 0.1) is 11.2 Å². The number of aromatic amines is 1. The van der Waals surface area contributed by atoms with E-state index in [1.165, 1.54) is 24.5 Å². The van der Waals surface area contributed by atoms with Crippen molar-refractivity contribution in [3.05, 3.63) is 81.1 Å². The first-order chi connectivity index (χ1) is 15.8. The summed E-state index contributed by atoms with van der Waals surface area (Å²) in [5.74, 6) is -3.55. The normalized spacial score (nSPS) is 11.8. The second-order valence-electron chi connectivity index (χ2n) is 7.23. The highest BCUT2D eigenvalue weighted by molar-refractivity contribution is 6.31. The molecule has 0 saturated carbocycles. The number of hydrogen-bond acceptors (Lipinski definition) is 6. The molecular weight excluding hydrogens is 475 g/mol. The van der Waals surface area contributed by atoms with Crippen LogP contribution in [0, 0.1) is 5.21 Å². The number of H-pyrrole nitrogens is 1. The van der Waals surface area contributed by atoms with Gasteiger partial charge < -0.3 is 10.5 Å². The van der Waals surface area contributed by atoms with Crippen LogP contribution in [0.1, 0.15) is 17.1 Å². The number of anilines is 1. The van der Waals surface area contributed by atoms with Crippen LogP contribution in [0.3, 0.4) is 0 Å².